The second kappa shape index (κ2) is 7.63. The Kier molecular flexibility index (Phi) is 5.41. The zero-order chi connectivity index (χ0) is 20.4. The minimum Gasteiger partial charge on any atom is -0.748 e. The Morgan fingerprint density at radius 1 is 1.18 bits per heavy atom. The fraction of sp³-hybridized carbons (Fsp3) is 0.158. The van der Waals surface area contributed by atoms with Crippen LogP contribution in [0.5, 0.6) is 0 Å². The van der Waals surface area contributed by atoms with Crippen LogP contribution in [0.2, 0.25) is 0 Å². The zero-order valence-electron chi connectivity index (χ0n) is 14.9. The van der Waals surface area contributed by atoms with Crippen LogP contribution in [0.25, 0.3) is 10.8 Å². The zero-order valence-corrected chi connectivity index (χ0v) is 15.7. The molecule has 2 N–H and O–H groups in total. The molecule has 0 saturated carbocycles. The molecule has 1 atom stereocenters. The van der Waals surface area contributed by atoms with Gasteiger partial charge < -0.3 is 9.66 Å². The highest BCUT2D eigenvalue weighted by Crippen LogP contribution is 2.34. The van der Waals surface area contributed by atoms with E-state index in [0.717, 1.165) is 10.8 Å². The topological polar surface area (TPSA) is 106 Å². The van der Waals surface area contributed by atoms with Crippen molar-refractivity contribution < 1.29 is 27.1 Å². The summed E-state index contributed by atoms with van der Waals surface area (Å²) in [6.07, 6.45) is 3.27. The van der Waals surface area contributed by atoms with Crippen LogP contribution >= 0.6 is 0 Å². The summed E-state index contributed by atoms with van der Waals surface area (Å²) >= 11 is 0. The molecule has 0 spiro atoms. The van der Waals surface area contributed by atoms with Gasteiger partial charge in [-0.05, 0) is 23.6 Å². The van der Waals surface area contributed by atoms with E-state index in [1.54, 1.807) is 16.8 Å². The number of hydrogen-bond donors (Lipinski definition) is 2. The first-order valence-electron chi connectivity index (χ1n) is 8.40. The van der Waals surface area contributed by atoms with Crippen molar-refractivity contribution in [1.29, 1.82) is 0 Å². The third-order valence-corrected chi connectivity index (χ3v) is 4.95. The lowest BCUT2D eigenvalue weighted by Crippen LogP contribution is -2.56. The molecule has 4 rings (SSSR count). The molecule has 146 valence electrons. The fourth-order valence-corrected chi connectivity index (χ4v) is 2.82. The van der Waals surface area contributed by atoms with E-state index in [9.17, 15) is 22.5 Å². The van der Waals surface area contributed by atoms with Crippen LogP contribution < -0.4 is 10.1 Å². The molecule has 28 heavy (non-hydrogen) atoms. The average Bonchev–Trinajstić information content (AvgIpc) is 2.68. The Balaban J connectivity index is 0.000000330. The van der Waals surface area contributed by atoms with Gasteiger partial charge in [-0.15, -0.1) is 5.43 Å². The summed E-state index contributed by atoms with van der Waals surface area (Å²) in [5.41, 5.74) is 2.52. The van der Waals surface area contributed by atoms with Crippen molar-refractivity contribution in [3.8, 4) is 0 Å². The molecule has 0 saturated heterocycles. The number of aromatic nitrogens is 1. The van der Waals surface area contributed by atoms with E-state index in [1.807, 2.05) is 36.5 Å². The molecule has 2 heterocycles. The second-order valence-electron chi connectivity index (χ2n) is 6.03. The molecule has 2 aromatic carbocycles. The van der Waals surface area contributed by atoms with Gasteiger partial charge in [0.05, 0.1) is 15.5 Å². The van der Waals surface area contributed by atoms with Crippen LogP contribution in [0.1, 0.15) is 18.2 Å². The summed E-state index contributed by atoms with van der Waals surface area (Å²) in [5, 5.41) is 13.1. The highest BCUT2D eigenvalue weighted by atomic mass is 32.2. The minimum atomic E-state index is -3.91. The maximum absolute atomic E-state index is 13.2. The standard InChI is InChI=1S/C17H13FN3O.C2H6O3S/c18-14-7-5-13(6-8-14)17(22)16-15-4-2-1-3-12(15)9-10-21(16)20-11-19-17;1-2-6(3,4)5/h1-11,22H,(H,19,20);2H2,1H3,(H,3,4,5)/q+1;/p-1. The number of aliphatic imine (C=N–C) groups is 1. The Labute approximate surface area is 161 Å². The molecule has 1 aliphatic heterocycles. The van der Waals surface area contributed by atoms with Crippen LogP contribution in [0.3, 0.4) is 0 Å². The minimum absolute atomic E-state index is 0.312. The van der Waals surface area contributed by atoms with Gasteiger partial charge in [0.15, 0.2) is 0 Å². The van der Waals surface area contributed by atoms with Crippen LogP contribution in [0.15, 0.2) is 65.8 Å². The monoisotopic (exact) mass is 403 g/mol. The van der Waals surface area contributed by atoms with E-state index in [1.165, 1.54) is 25.4 Å². The van der Waals surface area contributed by atoms with Crippen molar-refractivity contribution in [2.75, 3.05) is 11.2 Å². The summed E-state index contributed by atoms with van der Waals surface area (Å²) < 4.78 is 43.2. The van der Waals surface area contributed by atoms with Crippen LogP contribution in [0.4, 0.5) is 4.39 Å². The second-order valence-corrected chi connectivity index (χ2v) is 7.73. The first kappa shape index (κ1) is 19.9. The van der Waals surface area contributed by atoms with Crippen molar-refractivity contribution in [3.63, 3.8) is 0 Å². The lowest BCUT2D eigenvalue weighted by Gasteiger charge is -2.25. The van der Waals surface area contributed by atoms with Gasteiger partial charge in [-0.3, -0.25) is 0 Å². The first-order valence-corrected chi connectivity index (χ1v) is 9.98. The smallest absolute Gasteiger partial charge is 0.278 e. The molecule has 1 aliphatic rings. The van der Waals surface area contributed by atoms with E-state index in [2.05, 4.69) is 10.4 Å². The molecule has 3 aromatic rings. The predicted octanol–water partition coefficient (Wildman–Crippen LogP) is 1.60. The van der Waals surface area contributed by atoms with Crippen LogP contribution in [0, 0.1) is 5.82 Å². The van der Waals surface area contributed by atoms with E-state index in [4.69, 9.17) is 0 Å². The SMILES string of the molecule is CCS(=O)(=O)[O-].OC1(c2ccc(F)cc2)N=CN[n+]2ccc3ccccc3c21. The summed E-state index contributed by atoms with van der Waals surface area (Å²) in [5.74, 6) is -0.663. The summed E-state index contributed by atoms with van der Waals surface area (Å²) in [6.45, 7) is 1.31. The van der Waals surface area contributed by atoms with E-state index in [0.29, 0.717) is 11.3 Å². The van der Waals surface area contributed by atoms with Crippen molar-refractivity contribution >= 4 is 27.2 Å². The van der Waals surface area contributed by atoms with E-state index >= 15 is 0 Å². The average molecular weight is 403 g/mol. The van der Waals surface area contributed by atoms with E-state index in [-0.39, 0.29) is 11.6 Å². The number of hydrogen-bond acceptors (Lipinski definition) is 6. The lowest BCUT2D eigenvalue weighted by atomic mass is 9.94. The molecule has 0 aliphatic carbocycles. The molecular weight excluding hydrogens is 385 g/mol. The number of aliphatic hydroxyl groups is 1. The Morgan fingerprint density at radius 2 is 1.82 bits per heavy atom. The molecule has 1 unspecified atom stereocenters. The number of nitrogens with one attached hydrogen (secondary N) is 1. The van der Waals surface area contributed by atoms with Crippen molar-refractivity contribution in [2.24, 2.45) is 4.99 Å². The van der Waals surface area contributed by atoms with Gasteiger partial charge in [0.1, 0.15) is 12.2 Å². The largest absolute Gasteiger partial charge is 0.748 e. The van der Waals surface area contributed by atoms with Crippen molar-refractivity contribution in [2.45, 2.75) is 12.6 Å². The van der Waals surface area contributed by atoms with Gasteiger partial charge in [-0.2, -0.15) is 0 Å². The van der Waals surface area contributed by atoms with Gasteiger partial charge in [-0.1, -0.05) is 41.9 Å². The van der Waals surface area contributed by atoms with Crippen LogP contribution in [-0.4, -0.2) is 30.2 Å². The molecule has 1 aromatic heterocycles. The number of fused-ring (bicyclic) bond motifs is 3. The molecule has 0 radical (unpaired) electrons. The third kappa shape index (κ3) is 4.01. The number of benzene rings is 2. The molecular formula is C19H18FN3O4S. The maximum atomic E-state index is 13.2. The normalized spacial score (nSPS) is 18.0. The summed E-state index contributed by atoms with van der Waals surface area (Å²) in [7, 11) is -3.91. The Hall–Kier alpha value is -2.88. The van der Waals surface area contributed by atoms with E-state index < -0.39 is 15.8 Å². The summed E-state index contributed by atoms with van der Waals surface area (Å²) in [6, 6.07) is 15.4. The molecule has 0 fully saturated rings. The fourth-order valence-electron chi connectivity index (χ4n) is 2.82. The van der Waals surface area contributed by atoms with Gasteiger partial charge in [0, 0.05) is 17.4 Å². The van der Waals surface area contributed by atoms with Crippen molar-refractivity contribution in [3.05, 3.63) is 77.9 Å². The molecule has 7 nitrogen and oxygen atoms in total. The van der Waals surface area contributed by atoms with Gasteiger partial charge in [0.25, 0.3) is 11.4 Å². The number of halogens is 1. The molecule has 0 amide bonds. The van der Waals surface area contributed by atoms with Gasteiger partial charge in [0.2, 0.25) is 6.20 Å². The molecule has 9 heteroatoms. The predicted molar refractivity (Wildman–Crippen MR) is 102 cm³/mol. The highest BCUT2D eigenvalue weighted by molar-refractivity contribution is 7.85. The van der Waals surface area contributed by atoms with Gasteiger partial charge in [-0.25, -0.2) is 17.8 Å². The third-order valence-electron chi connectivity index (χ3n) is 4.24. The lowest BCUT2D eigenvalue weighted by molar-refractivity contribution is -0.655. The Bertz CT molecular complexity index is 1130. The number of nitrogens with zero attached hydrogens (tertiary/aromatic N) is 2. The maximum Gasteiger partial charge on any atom is 0.278 e. The molecule has 0 bridgehead atoms. The van der Waals surface area contributed by atoms with Gasteiger partial charge >= 0.3 is 0 Å². The Morgan fingerprint density at radius 3 is 2.46 bits per heavy atom. The quantitative estimate of drug-likeness (QED) is 0.499. The highest BCUT2D eigenvalue weighted by Gasteiger charge is 2.43. The number of pyridine rings is 1. The van der Waals surface area contributed by atoms with Crippen molar-refractivity contribution in [1.82, 2.24) is 0 Å². The summed E-state index contributed by atoms with van der Waals surface area (Å²) in [4.78, 5) is 4.23. The van der Waals surface area contributed by atoms with Crippen LogP contribution in [-0.2, 0) is 15.8 Å². The number of rotatable bonds is 2. The first-order chi connectivity index (χ1) is 13.2.